The third-order valence-electron chi connectivity index (χ3n) is 2.83. The van der Waals surface area contributed by atoms with E-state index >= 15 is 0 Å². The third-order valence-corrected chi connectivity index (χ3v) is 2.83. The lowest BCUT2D eigenvalue weighted by molar-refractivity contribution is 0.769. The van der Waals surface area contributed by atoms with Gasteiger partial charge in [0.25, 0.3) is 0 Å². The van der Waals surface area contributed by atoms with E-state index in [1.165, 1.54) is 22.3 Å². The van der Waals surface area contributed by atoms with Crippen LogP contribution in [0, 0.1) is 6.92 Å². The van der Waals surface area contributed by atoms with Gasteiger partial charge in [0.15, 0.2) is 5.82 Å². The van der Waals surface area contributed by atoms with Crippen molar-refractivity contribution >= 4 is 5.82 Å². The number of anilines is 1. The zero-order valence-corrected chi connectivity index (χ0v) is 14.9. The van der Waals surface area contributed by atoms with Crippen LogP contribution in [-0.4, -0.2) is 9.78 Å². The van der Waals surface area contributed by atoms with Crippen molar-refractivity contribution in [3.05, 3.63) is 35.5 Å². The summed E-state index contributed by atoms with van der Waals surface area (Å²) >= 11 is 0. The summed E-state index contributed by atoms with van der Waals surface area (Å²) in [5, 5.41) is 7.71. The number of nitrogens with zero attached hydrogens (tertiary/aromatic N) is 2. The van der Waals surface area contributed by atoms with Crippen molar-refractivity contribution < 1.29 is 0 Å². The minimum absolute atomic E-state index is 0.876. The van der Waals surface area contributed by atoms with Gasteiger partial charge in [0.1, 0.15) is 0 Å². The lowest BCUT2D eigenvalue weighted by atomic mass is 9.97. The molecule has 0 aliphatic carbocycles. The van der Waals surface area contributed by atoms with Crippen LogP contribution in [0.2, 0.25) is 0 Å². The van der Waals surface area contributed by atoms with Crippen LogP contribution in [0.4, 0.5) is 5.82 Å². The fourth-order valence-electron chi connectivity index (χ4n) is 2.13. The van der Waals surface area contributed by atoms with Crippen molar-refractivity contribution in [2.75, 3.05) is 5.32 Å². The van der Waals surface area contributed by atoms with E-state index in [0.29, 0.717) is 0 Å². The molecular formula is C18H31N3. The van der Waals surface area contributed by atoms with E-state index in [2.05, 4.69) is 41.7 Å². The van der Waals surface area contributed by atoms with Gasteiger partial charge in [0.05, 0.1) is 0 Å². The molecule has 0 saturated carbocycles. The molecular weight excluding hydrogens is 258 g/mol. The Morgan fingerprint density at radius 3 is 2.24 bits per heavy atom. The Labute approximate surface area is 130 Å². The normalized spacial score (nSPS) is 10.1. The Kier molecular flexibility index (Phi) is 9.18. The molecule has 1 N–H and O–H groups in total. The predicted octanol–water partition coefficient (Wildman–Crippen LogP) is 5.40. The first-order valence-electron chi connectivity index (χ1n) is 8.11. The molecule has 0 atom stereocenters. The van der Waals surface area contributed by atoms with Crippen molar-refractivity contribution in [1.29, 1.82) is 0 Å². The Balaban J connectivity index is 0.000000598. The van der Waals surface area contributed by atoms with Gasteiger partial charge in [0.2, 0.25) is 0 Å². The molecule has 1 aromatic heterocycles. The first kappa shape index (κ1) is 19.2. The minimum atomic E-state index is 0.876. The van der Waals surface area contributed by atoms with Gasteiger partial charge in [-0.2, -0.15) is 5.10 Å². The number of aromatic nitrogens is 2. The van der Waals surface area contributed by atoms with Crippen molar-refractivity contribution in [2.24, 2.45) is 7.05 Å². The second-order valence-electron chi connectivity index (χ2n) is 4.08. The summed E-state index contributed by atoms with van der Waals surface area (Å²) in [6, 6.07) is 6.57. The summed E-state index contributed by atoms with van der Waals surface area (Å²) in [7, 11) is 1.95. The van der Waals surface area contributed by atoms with E-state index in [-0.39, 0.29) is 0 Å². The molecule has 0 spiro atoms. The first-order valence-corrected chi connectivity index (χ1v) is 8.11. The Bertz CT molecular complexity index is 527. The van der Waals surface area contributed by atoms with E-state index in [1.807, 2.05) is 53.3 Å². The maximum atomic E-state index is 4.38. The van der Waals surface area contributed by atoms with E-state index in [9.17, 15) is 0 Å². The zero-order valence-electron chi connectivity index (χ0n) is 14.9. The molecule has 21 heavy (non-hydrogen) atoms. The molecule has 2 aromatic rings. The number of fused-ring (bicyclic) bond motifs is 3. The van der Waals surface area contributed by atoms with Crippen LogP contribution >= 0.6 is 0 Å². The summed E-state index contributed by atoms with van der Waals surface area (Å²) in [4.78, 5) is 0. The van der Waals surface area contributed by atoms with Gasteiger partial charge >= 0.3 is 0 Å². The minimum Gasteiger partial charge on any atom is -0.364 e. The van der Waals surface area contributed by atoms with Crippen LogP contribution in [0.1, 0.15) is 52.7 Å². The Morgan fingerprint density at radius 1 is 1.00 bits per heavy atom. The maximum absolute atomic E-state index is 4.38. The van der Waals surface area contributed by atoms with Gasteiger partial charge in [-0.3, -0.25) is 4.68 Å². The highest BCUT2D eigenvalue weighted by Gasteiger charge is 2.17. The molecule has 3 rings (SSSR count). The predicted molar refractivity (Wildman–Crippen MR) is 94.8 cm³/mol. The van der Waals surface area contributed by atoms with Crippen LogP contribution in [0.15, 0.2) is 24.4 Å². The van der Waals surface area contributed by atoms with E-state index in [1.54, 1.807) is 0 Å². The van der Waals surface area contributed by atoms with Crippen molar-refractivity contribution in [2.45, 2.75) is 55.0 Å². The maximum Gasteiger partial charge on any atom is 0.156 e. The van der Waals surface area contributed by atoms with Crippen molar-refractivity contribution in [1.82, 2.24) is 9.78 Å². The van der Waals surface area contributed by atoms with Crippen LogP contribution in [-0.2, 0) is 13.6 Å². The third kappa shape index (κ3) is 4.62. The summed E-state index contributed by atoms with van der Waals surface area (Å²) in [6.07, 6.45) is 2.07. The zero-order chi connectivity index (χ0) is 16.4. The number of benzene rings is 1. The SMILES string of the molecule is CC.CC.CC.Cc1ccc2c(c1)CNc1nn(C)cc1-2. The largest absolute Gasteiger partial charge is 0.364 e. The summed E-state index contributed by atoms with van der Waals surface area (Å²) in [6.45, 7) is 15.0. The number of hydrogen-bond acceptors (Lipinski definition) is 2. The molecule has 2 heterocycles. The number of nitrogens with one attached hydrogen (secondary N) is 1. The summed E-state index contributed by atoms with van der Waals surface area (Å²) in [5.41, 5.74) is 5.18. The lowest BCUT2D eigenvalue weighted by Gasteiger charge is -2.17. The van der Waals surface area contributed by atoms with E-state index in [0.717, 1.165) is 12.4 Å². The van der Waals surface area contributed by atoms with Gasteiger partial charge in [-0.1, -0.05) is 65.3 Å². The van der Waals surface area contributed by atoms with Crippen molar-refractivity contribution in [3.63, 3.8) is 0 Å². The Morgan fingerprint density at radius 2 is 1.62 bits per heavy atom. The molecule has 0 fully saturated rings. The lowest BCUT2D eigenvalue weighted by Crippen LogP contribution is -2.08. The molecule has 1 aromatic carbocycles. The highest BCUT2D eigenvalue weighted by Crippen LogP contribution is 2.34. The van der Waals surface area contributed by atoms with Crippen molar-refractivity contribution in [3.8, 4) is 11.1 Å². The first-order chi connectivity index (χ1) is 10.2. The van der Waals surface area contributed by atoms with Crippen LogP contribution < -0.4 is 5.32 Å². The molecule has 0 saturated heterocycles. The van der Waals surface area contributed by atoms with Crippen LogP contribution in [0.25, 0.3) is 11.1 Å². The van der Waals surface area contributed by atoms with Gasteiger partial charge in [-0.15, -0.1) is 0 Å². The fraction of sp³-hybridized carbons (Fsp3) is 0.500. The molecule has 0 amide bonds. The highest BCUT2D eigenvalue weighted by atomic mass is 15.3. The molecule has 0 radical (unpaired) electrons. The quantitative estimate of drug-likeness (QED) is 0.703. The van der Waals surface area contributed by atoms with Crippen LogP contribution in [0.3, 0.4) is 0 Å². The second kappa shape index (κ2) is 10.0. The molecule has 1 aliphatic rings. The Hall–Kier alpha value is -1.77. The monoisotopic (exact) mass is 289 g/mol. The standard InChI is InChI=1S/C12H13N3.3C2H6/c1-8-3-4-10-9(5-8)6-13-12-11(10)7-15(2)14-12;3*1-2/h3-5,7H,6H2,1-2H3,(H,13,14);3*1-2H3. The smallest absolute Gasteiger partial charge is 0.156 e. The van der Waals surface area contributed by atoms with Gasteiger partial charge in [-0.25, -0.2) is 0 Å². The number of rotatable bonds is 0. The number of aryl methyl sites for hydroxylation is 2. The topological polar surface area (TPSA) is 29.9 Å². The van der Waals surface area contributed by atoms with E-state index in [4.69, 9.17) is 0 Å². The molecule has 3 heteroatoms. The number of hydrogen-bond donors (Lipinski definition) is 1. The fourth-order valence-corrected chi connectivity index (χ4v) is 2.13. The molecule has 1 aliphatic heterocycles. The average Bonchev–Trinajstić information content (AvgIpc) is 2.93. The molecule has 0 unspecified atom stereocenters. The van der Waals surface area contributed by atoms with Gasteiger partial charge in [-0.05, 0) is 18.1 Å². The molecule has 118 valence electrons. The second-order valence-corrected chi connectivity index (χ2v) is 4.08. The summed E-state index contributed by atoms with van der Waals surface area (Å²) < 4.78 is 1.85. The van der Waals surface area contributed by atoms with E-state index < -0.39 is 0 Å². The van der Waals surface area contributed by atoms with Gasteiger partial charge in [0, 0.05) is 25.4 Å². The molecule has 3 nitrogen and oxygen atoms in total. The highest BCUT2D eigenvalue weighted by molar-refractivity contribution is 5.80. The van der Waals surface area contributed by atoms with Crippen LogP contribution in [0.5, 0.6) is 0 Å². The average molecular weight is 289 g/mol. The van der Waals surface area contributed by atoms with Gasteiger partial charge < -0.3 is 5.32 Å². The molecule has 0 bridgehead atoms. The summed E-state index contributed by atoms with van der Waals surface area (Å²) in [5.74, 6) is 0.994.